The maximum Gasteiger partial charge on any atom is 0.223 e. The van der Waals surface area contributed by atoms with Gasteiger partial charge in [-0.3, -0.25) is 4.79 Å². The SMILES string of the molecule is CS(=O)(=O)CC1(CC(=O)N2CCc3c(Cl)cccc3C2)CC1. The number of nitrogens with zero attached hydrogens (tertiary/aromatic N) is 1. The van der Waals surface area contributed by atoms with Crippen molar-refractivity contribution in [2.75, 3.05) is 18.6 Å². The lowest BCUT2D eigenvalue weighted by Gasteiger charge is -2.30. The van der Waals surface area contributed by atoms with Gasteiger partial charge in [-0.2, -0.15) is 0 Å². The van der Waals surface area contributed by atoms with E-state index >= 15 is 0 Å². The summed E-state index contributed by atoms with van der Waals surface area (Å²) in [4.78, 5) is 14.4. The Morgan fingerprint density at radius 3 is 2.73 bits per heavy atom. The lowest BCUT2D eigenvalue weighted by atomic mass is 9.98. The zero-order valence-corrected chi connectivity index (χ0v) is 14.2. The van der Waals surface area contributed by atoms with Crippen LogP contribution < -0.4 is 0 Å². The molecule has 2 aliphatic rings. The van der Waals surface area contributed by atoms with Crippen LogP contribution in [-0.4, -0.2) is 37.8 Å². The van der Waals surface area contributed by atoms with Crippen LogP contribution in [0.25, 0.3) is 0 Å². The molecule has 0 radical (unpaired) electrons. The molecule has 1 amide bonds. The summed E-state index contributed by atoms with van der Waals surface area (Å²) in [6, 6.07) is 5.79. The minimum atomic E-state index is -3.04. The minimum absolute atomic E-state index is 0.0618. The molecule has 3 rings (SSSR count). The van der Waals surface area contributed by atoms with Crippen LogP contribution in [0.15, 0.2) is 18.2 Å². The fourth-order valence-corrected chi connectivity index (χ4v) is 5.11. The summed E-state index contributed by atoms with van der Waals surface area (Å²) in [5.74, 6) is 0.189. The van der Waals surface area contributed by atoms with E-state index in [9.17, 15) is 13.2 Å². The quantitative estimate of drug-likeness (QED) is 0.845. The Morgan fingerprint density at radius 1 is 1.36 bits per heavy atom. The summed E-state index contributed by atoms with van der Waals surface area (Å²) in [5, 5.41) is 0.764. The Kier molecular flexibility index (Phi) is 3.98. The van der Waals surface area contributed by atoms with Crippen LogP contribution in [0, 0.1) is 5.41 Å². The molecule has 0 bridgehead atoms. The Hall–Kier alpha value is -1.07. The minimum Gasteiger partial charge on any atom is -0.338 e. The van der Waals surface area contributed by atoms with Gasteiger partial charge in [-0.1, -0.05) is 23.7 Å². The second-order valence-electron chi connectivity index (χ2n) is 6.69. The highest BCUT2D eigenvalue weighted by Crippen LogP contribution is 2.50. The number of benzene rings is 1. The molecule has 1 aliphatic heterocycles. The van der Waals surface area contributed by atoms with E-state index in [0.29, 0.717) is 19.5 Å². The van der Waals surface area contributed by atoms with E-state index in [0.717, 1.165) is 35.4 Å². The van der Waals surface area contributed by atoms with E-state index in [1.807, 2.05) is 23.1 Å². The molecule has 1 aromatic rings. The van der Waals surface area contributed by atoms with Crippen LogP contribution in [0.4, 0.5) is 0 Å². The van der Waals surface area contributed by atoms with Crippen molar-refractivity contribution < 1.29 is 13.2 Å². The molecule has 0 spiro atoms. The van der Waals surface area contributed by atoms with Crippen molar-refractivity contribution in [2.24, 2.45) is 5.41 Å². The second-order valence-corrected chi connectivity index (χ2v) is 9.24. The molecule has 1 aliphatic carbocycles. The van der Waals surface area contributed by atoms with E-state index in [4.69, 9.17) is 11.6 Å². The first kappa shape index (κ1) is 15.8. The Bertz CT molecular complexity index is 710. The highest BCUT2D eigenvalue weighted by atomic mass is 35.5. The molecule has 1 heterocycles. The van der Waals surface area contributed by atoms with Gasteiger partial charge in [-0.05, 0) is 41.9 Å². The van der Waals surface area contributed by atoms with Gasteiger partial charge in [-0.15, -0.1) is 0 Å². The van der Waals surface area contributed by atoms with Gasteiger partial charge in [0.05, 0.1) is 5.75 Å². The lowest BCUT2D eigenvalue weighted by Crippen LogP contribution is -2.38. The first-order valence-corrected chi connectivity index (χ1v) is 9.94. The van der Waals surface area contributed by atoms with Crippen molar-refractivity contribution in [3.63, 3.8) is 0 Å². The highest BCUT2D eigenvalue weighted by molar-refractivity contribution is 7.90. The van der Waals surface area contributed by atoms with Gasteiger partial charge in [0.1, 0.15) is 9.84 Å². The smallest absolute Gasteiger partial charge is 0.223 e. The molecule has 120 valence electrons. The maximum absolute atomic E-state index is 12.5. The first-order chi connectivity index (χ1) is 10.3. The summed E-state index contributed by atoms with van der Waals surface area (Å²) in [5.41, 5.74) is 1.92. The van der Waals surface area contributed by atoms with E-state index in [1.54, 1.807) is 0 Å². The van der Waals surface area contributed by atoms with Gasteiger partial charge in [0.2, 0.25) is 5.91 Å². The number of carbonyl (C=O) groups is 1. The Balaban J connectivity index is 1.68. The molecule has 1 fully saturated rings. The number of carbonyl (C=O) groups excluding carboxylic acids is 1. The van der Waals surface area contributed by atoms with Crippen LogP contribution in [-0.2, 0) is 27.6 Å². The predicted octanol–water partition coefficient (Wildman–Crippen LogP) is 2.44. The molecule has 0 aromatic heterocycles. The summed E-state index contributed by atoms with van der Waals surface area (Å²) < 4.78 is 23.0. The summed E-state index contributed by atoms with van der Waals surface area (Å²) in [7, 11) is -3.04. The van der Waals surface area contributed by atoms with Crippen molar-refractivity contribution in [1.82, 2.24) is 4.90 Å². The Labute approximate surface area is 136 Å². The van der Waals surface area contributed by atoms with E-state index < -0.39 is 9.84 Å². The first-order valence-electron chi connectivity index (χ1n) is 7.50. The molecule has 0 N–H and O–H groups in total. The van der Waals surface area contributed by atoms with Crippen LogP contribution in [0.2, 0.25) is 5.02 Å². The third-order valence-electron chi connectivity index (χ3n) is 4.61. The molecule has 0 saturated heterocycles. The molecule has 22 heavy (non-hydrogen) atoms. The summed E-state index contributed by atoms with van der Waals surface area (Å²) in [6.07, 6.45) is 4.02. The van der Waals surface area contributed by atoms with Gasteiger partial charge in [0.15, 0.2) is 0 Å². The summed E-state index contributed by atoms with van der Waals surface area (Å²) in [6.45, 7) is 1.23. The van der Waals surface area contributed by atoms with Crippen LogP contribution in [0.3, 0.4) is 0 Å². The molecule has 6 heteroatoms. The molecular weight excluding hydrogens is 322 g/mol. The fraction of sp³-hybridized carbons (Fsp3) is 0.562. The molecule has 1 aromatic carbocycles. The van der Waals surface area contributed by atoms with Gasteiger partial charge < -0.3 is 4.90 Å². The third kappa shape index (κ3) is 3.46. The molecular formula is C16H20ClNO3S. The van der Waals surface area contributed by atoms with Crippen molar-refractivity contribution in [1.29, 1.82) is 0 Å². The monoisotopic (exact) mass is 341 g/mol. The number of sulfone groups is 1. The topological polar surface area (TPSA) is 54.5 Å². The van der Waals surface area contributed by atoms with Crippen molar-refractivity contribution in [2.45, 2.75) is 32.2 Å². The van der Waals surface area contributed by atoms with Crippen LogP contribution in [0.5, 0.6) is 0 Å². The normalized spacial score (nSPS) is 19.6. The number of rotatable bonds is 4. The van der Waals surface area contributed by atoms with Crippen LogP contribution in [0.1, 0.15) is 30.4 Å². The Morgan fingerprint density at radius 2 is 2.09 bits per heavy atom. The van der Waals surface area contributed by atoms with Gasteiger partial charge in [0.25, 0.3) is 0 Å². The number of hydrogen-bond donors (Lipinski definition) is 0. The molecule has 1 saturated carbocycles. The largest absolute Gasteiger partial charge is 0.338 e. The average Bonchev–Trinajstić information content (AvgIpc) is 3.15. The number of hydrogen-bond acceptors (Lipinski definition) is 3. The molecule has 0 atom stereocenters. The standard InChI is InChI=1S/C16H20ClNO3S/c1-22(20,21)11-16(6-7-16)9-15(19)18-8-5-13-12(10-18)3-2-4-14(13)17/h2-4H,5-11H2,1H3. The predicted molar refractivity (Wildman–Crippen MR) is 86.6 cm³/mol. The van der Waals surface area contributed by atoms with Gasteiger partial charge >= 0.3 is 0 Å². The van der Waals surface area contributed by atoms with E-state index in [1.165, 1.54) is 6.26 Å². The zero-order valence-electron chi connectivity index (χ0n) is 12.6. The van der Waals surface area contributed by atoms with E-state index in [2.05, 4.69) is 0 Å². The highest BCUT2D eigenvalue weighted by Gasteiger charge is 2.47. The van der Waals surface area contributed by atoms with E-state index in [-0.39, 0.29) is 17.1 Å². The zero-order chi connectivity index (χ0) is 16.0. The molecule has 4 nitrogen and oxygen atoms in total. The molecule has 0 unspecified atom stereocenters. The second kappa shape index (κ2) is 5.53. The van der Waals surface area contributed by atoms with Crippen molar-refractivity contribution in [3.8, 4) is 0 Å². The lowest BCUT2D eigenvalue weighted by molar-refractivity contribution is -0.133. The fourth-order valence-electron chi connectivity index (χ4n) is 3.31. The summed E-state index contributed by atoms with van der Waals surface area (Å²) >= 11 is 6.19. The third-order valence-corrected chi connectivity index (χ3v) is 6.10. The number of fused-ring (bicyclic) bond motifs is 1. The van der Waals surface area contributed by atoms with Crippen LogP contribution >= 0.6 is 11.6 Å². The average molecular weight is 342 g/mol. The number of amides is 1. The van der Waals surface area contributed by atoms with Gasteiger partial charge in [0, 0.05) is 30.8 Å². The maximum atomic E-state index is 12.5. The van der Waals surface area contributed by atoms with Gasteiger partial charge in [-0.25, -0.2) is 8.42 Å². The van der Waals surface area contributed by atoms with Crippen molar-refractivity contribution >= 4 is 27.3 Å². The van der Waals surface area contributed by atoms with Crippen molar-refractivity contribution in [3.05, 3.63) is 34.3 Å². The number of halogens is 1.